The molecule has 2 aliphatic heterocycles. The van der Waals surface area contributed by atoms with Crippen LogP contribution < -0.4 is 4.74 Å². The zero-order chi connectivity index (χ0) is 25.7. The van der Waals surface area contributed by atoms with Crippen molar-refractivity contribution in [3.05, 3.63) is 57.6 Å². The van der Waals surface area contributed by atoms with Crippen molar-refractivity contribution in [3.63, 3.8) is 0 Å². The lowest BCUT2D eigenvalue weighted by Crippen LogP contribution is -2.37. The molecule has 37 heavy (non-hydrogen) atoms. The van der Waals surface area contributed by atoms with E-state index in [4.69, 9.17) is 32.9 Å². The minimum absolute atomic E-state index is 0.0394. The molecule has 4 aromatic rings. The first-order chi connectivity index (χ1) is 17.9. The van der Waals surface area contributed by atoms with Crippen LogP contribution in [0, 0.1) is 0 Å². The molecule has 6 rings (SSSR count). The third kappa shape index (κ3) is 4.66. The van der Waals surface area contributed by atoms with E-state index < -0.39 is 6.10 Å². The SMILES string of the molecule is CC(Oc1ccc2[nH]nc(-c3nc4c([nH]3)CN(C(=O)CN3CC[C@H](O)C3)C4)c2c1)c1c(Cl)cncc1Cl. The number of benzene rings is 1. The maximum atomic E-state index is 12.7. The Kier molecular flexibility index (Phi) is 6.28. The van der Waals surface area contributed by atoms with Gasteiger partial charge in [0.2, 0.25) is 5.91 Å². The van der Waals surface area contributed by atoms with Gasteiger partial charge in [-0.1, -0.05) is 23.2 Å². The second kappa shape index (κ2) is 9.60. The van der Waals surface area contributed by atoms with Gasteiger partial charge in [0.1, 0.15) is 17.5 Å². The number of ether oxygens (including phenoxy) is 1. The molecule has 0 bridgehead atoms. The van der Waals surface area contributed by atoms with Gasteiger partial charge in [0.05, 0.1) is 52.7 Å². The summed E-state index contributed by atoms with van der Waals surface area (Å²) in [4.78, 5) is 28.6. The zero-order valence-electron chi connectivity index (χ0n) is 20.0. The lowest BCUT2D eigenvalue weighted by atomic mass is 10.1. The van der Waals surface area contributed by atoms with Crippen molar-refractivity contribution >= 4 is 40.0 Å². The van der Waals surface area contributed by atoms with E-state index in [0.717, 1.165) is 28.8 Å². The summed E-state index contributed by atoms with van der Waals surface area (Å²) in [5, 5.41) is 19.0. The van der Waals surface area contributed by atoms with Gasteiger partial charge in [0.25, 0.3) is 0 Å². The summed E-state index contributed by atoms with van der Waals surface area (Å²) < 4.78 is 6.16. The van der Waals surface area contributed by atoms with E-state index in [2.05, 4.69) is 20.2 Å². The second-order valence-corrected chi connectivity index (χ2v) is 10.3. The lowest BCUT2D eigenvalue weighted by molar-refractivity contribution is -0.132. The van der Waals surface area contributed by atoms with Crippen LogP contribution in [0.4, 0.5) is 0 Å². The Balaban J connectivity index is 1.19. The number of aliphatic hydroxyl groups excluding tert-OH is 1. The molecule has 3 N–H and O–H groups in total. The molecule has 10 nitrogen and oxygen atoms in total. The number of aromatic amines is 2. The maximum Gasteiger partial charge on any atom is 0.237 e. The molecule has 0 spiro atoms. The number of aromatic nitrogens is 5. The number of hydrogen-bond acceptors (Lipinski definition) is 7. The smallest absolute Gasteiger partial charge is 0.237 e. The standard InChI is InChI=1S/C25H25Cl2N7O3/c1-13(23-17(26)7-28-8-18(23)27)37-15-2-3-19-16(6-15)24(32-31-19)25-29-20-10-34(11-21(20)30-25)22(36)12-33-5-4-14(35)9-33/h2-3,6-8,13-14,35H,4-5,9-12H2,1H3,(H,29,30)(H,31,32)/t13?,14-/m0/s1. The van der Waals surface area contributed by atoms with Crippen molar-refractivity contribution in [2.75, 3.05) is 19.6 Å². The molecule has 1 unspecified atom stereocenters. The van der Waals surface area contributed by atoms with Gasteiger partial charge in [-0.3, -0.25) is 19.8 Å². The third-order valence-corrected chi connectivity index (χ3v) is 7.48. The predicted octanol–water partition coefficient (Wildman–Crippen LogP) is 3.70. The monoisotopic (exact) mass is 541 g/mol. The third-order valence-electron chi connectivity index (χ3n) is 6.88. The van der Waals surface area contributed by atoms with E-state index in [1.54, 1.807) is 17.3 Å². The van der Waals surface area contributed by atoms with Crippen molar-refractivity contribution in [1.29, 1.82) is 0 Å². The molecule has 5 heterocycles. The summed E-state index contributed by atoms with van der Waals surface area (Å²) in [5.41, 5.74) is 3.93. The van der Waals surface area contributed by atoms with Crippen molar-refractivity contribution in [2.45, 2.75) is 38.6 Å². The fourth-order valence-corrected chi connectivity index (χ4v) is 5.66. The van der Waals surface area contributed by atoms with Gasteiger partial charge in [-0.05, 0) is 31.5 Å². The van der Waals surface area contributed by atoms with Gasteiger partial charge < -0.3 is 19.7 Å². The molecule has 1 aromatic carbocycles. The van der Waals surface area contributed by atoms with Gasteiger partial charge in [0, 0.05) is 36.4 Å². The number of imidazole rings is 1. The summed E-state index contributed by atoms with van der Waals surface area (Å²) in [7, 11) is 0. The number of rotatable bonds is 6. The van der Waals surface area contributed by atoms with Gasteiger partial charge in [-0.2, -0.15) is 5.10 Å². The molecule has 0 aliphatic carbocycles. The van der Waals surface area contributed by atoms with Crippen molar-refractivity contribution in [1.82, 2.24) is 34.9 Å². The molecule has 3 aromatic heterocycles. The van der Waals surface area contributed by atoms with Crippen LogP contribution in [0.25, 0.3) is 22.4 Å². The number of fused-ring (bicyclic) bond motifs is 2. The maximum absolute atomic E-state index is 12.7. The number of carbonyl (C=O) groups is 1. The number of hydrogen-bond donors (Lipinski definition) is 3. The number of likely N-dealkylation sites (tertiary alicyclic amines) is 1. The molecule has 1 fully saturated rings. The summed E-state index contributed by atoms with van der Waals surface area (Å²) in [6.07, 6.45) is 3.07. The van der Waals surface area contributed by atoms with E-state index >= 15 is 0 Å². The molecular weight excluding hydrogens is 517 g/mol. The van der Waals surface area contributed by atoms with E-state index in [-0.39, 0.29) is 12.0 Å². The highest BCUT2D eigenvalue weighted by Crippen LogP contribution is 2.35. The number of pyridine rings is 1. The first-order valence-corrected chi connectivity index (χ1v) is 12.8. The number of halogens is 2. The first-order valence-electron chi connectivity index (χ1n) is 12.1. The minimum atomic E-state index is -0.393. The molecular formula is C25H25Cl2N7O3. The number of aliphatic hydroxyl groups is 1. The predicted molar refractivity (Wildman–Crippen MR) is 138 cm³/mol. The molecule has 1 saturated heterocycles. The average molecular weight is 542 g/mol. The van der Waals surface area contributed by atoms with Gasteiger partial charge in [-0.25, -0.2) is 4.98 Å². The normalized spacial score (nSPS) is 18.5. The van der Waals surface area contributed by atoms with Gasteiger partial charge in [-0.15, -0.1) is 0 Å². The molecule has 0 radical (unpaired) electrons. The van der Waals surface area contributed by atoms with Crippen molar-refractivity contribution in [3.8, 4) is 17.3 Å². The largest absolute Gasteiger partial charge is 0.486 e. The number of nitrogens with one attached hydrogen (secondary N) is 2. The molecule has 2 aliphatic rings. The molecule has 0 saturated carbocycles. The van der Waals surface area contributed by atoms with E-state index in [1.807, 2.05) is 30.0 Å². The molecule has 12 heteroatoms. The van der Waals surface area contributed by atoms with Crippen LogP contribution >= 0.6 is 23.2 Å². The zero-order valence-corrected chi connectivity index (χ0v) is 21.6. The van der Waals surface area contributed by atoms with E-state index in [0.29, 0.717) is 65.5 Å². The Morgan fingerprint density at radius 3 is 2.81 bits per heavy atom. The van der Waals surface area contributed by atoms with Crippen LogP contribution in [-0.4, -0.2) is 71.7 Å². The Labute approximate surface area is 222 Å². The van der Waals surface area contributed by atoms with Crippen LogP contribution in [0.1, 0.15) is 36.4 Å². The Bertz CT molecular complexity index is 1440. The number of nitrogens with zero attached hydrogens (tertiary/aromatic N) is 5. The Morgan fingerprint density at radius 1 is 1.27 bits per heavy atom. The van der Waals surface area contributed by atoms with E-state index in [9.17, 15) is 9.90 Å². The molecule has 1 amide bonds. The van der Waals surface area contributed by atoms with Crippen LogP contribution in [0.5, 0.6) is 5.75 Å². The van der Waals surface area contributed by atoms with Crippen LogP contribution in [0.3, 0.4) is 0 Å². The molecule has 2 atom stereocenters. The van der Waals surface area contributed by atoms with Crippen molar-refractivity contribution < 1.29 is 14.6 Å². The quantitative estimate of drug-likeness (QED) is 0.340. The minimum Gasteiger partial charge on any atom is -0.486 e. The average Bonchev–Trinajstić information content (AvgIpc) is 3.62. The first kappa shape index (κ1) is 24.2. The number of β-amino-alcohol motifs (C(OH)–C–C–N with tert-alkyl or cyclic N) is 1. The van der Waals surface area contributed by atoms with E-state index in [1.165, 1.54) is 0 Å². The Morgan fingerprint density at radius 2 is 2.08 bits per heavy atom. The fourth-order valence-electron chi connectivity index (χ4n) is 4.99. The van der Waals surface area contributed by atoms with Crippen molar-refractivity contribution in [2.24, 2.45) is 0 Å². The number of carbonyl (C=O) groups excluding carboxylic acids is 1. The number of H-pyrrole nitrogens is 2. The fraction of sp³-hybridized carbons (Fsp3) is 0.360. The van der Waals surface area contributed by atoms with Crippen LogP contribution in [0.2, 0.25) is 10.0 Å². The summed E-state index contributed by atoms with van der Waals surface area (Å²) in [5.74, 6) is 1.31. The topological polar surface area (TPSA) is 123 Å². The van der Waals surface area contributed by atoms with Crippen LogP contribution in [-0.2, 0) is 17.9 Å². The highest BCUT2D eigenvalue weighted by Gasteiger charge is 2.30. The highest BCUT2D eigenvalue weighted by molar-refractivity contribution is 6.35. The summed E-state index contributed by atoms with van der Waals surface area (Å²) in [6, 6.07) is 5.66. The summed E-state index contributed by atoms with van der Waals surface area (Å²) >= 11 is 12.6. The number of amides is 1. The second-order valence-electron chi connectivity index (χ2n) is 9.49. The van der Waals surface area contributed by atoms with Gasteiger partial charge in [0.15, 0.2) is 5.82 Å². The Hall–Kier alpha value is -3.18. The molecule has 192 valence electrons. The summed E-state index contributed by atoms with van der Waals surface area (Å²) in [6.45, 7) is 4.40. The van der Waals surface area contributed by atoms with Crippen LogP contribution in [0.15, 0.2) is 30.6 Å². The highest BCUT2D eigenvalue weighted by atomic mass is 35.5. The van der Waals surface area contributed by atoms with Gasteiger partial charge >= 0.3 is 0 Å². The lowest BCUT2D eigenvalue weighted by Gasteiger charge is -2.20.